The van der Waals surface area contributed by atoms with Gasteiger partial charge in [-0.1, -0.05) is 11.6 Å². The predicted molar refractivity (Wildman–Crippen MR) is 84.8 cm³/mol. The molecule has 21 heavy (non-hydrogen) atoms. The van der Waals surface area contributed by atoms with E-state index in [9.17, 15) is 10.1 Å². The molecule has 3 rings (SSSR count). The van der Waals surface area contributed by atoms with Crippen LogP contribution in [-0.2, 0) is 6.54 Å². The van der Waals surface area contributed by atoms with Crippen molar-refractivity contribution in [2.75, 3.05) is 0 Å². The average Bonchev–Trinajstić information content (AvgIpc) is 3.03. The van der Waals surface area contributed by atoms with Crippen molar-refractivity contribution in [1.29, 1.82) is 0 Å². The number of H-pyrrole nitrogens is 1. The summed E-state index contributed by atoms with van der Waals surface area (Å²) in [5.41, 5.74) is 1.87. The second-order valence-electron chi connectivity index (χ2n) is 4.12. The summed E-state index contributed by atoms with van der Waals surface area (Å²) in [6.07, 6.45) is 3.63. The van der Waals surface area contributed by atoms with E-state index in [4.69, 9.17) is 11.6 Å². The molecule has 0 aliphatic rings. The van der Waals surface area contributed by atoms with Gasteiger partial charge in [0, 0.05) is 30.4 Å². The fourth-order valence-electron chi connectivity index (χ4n) is 1.86. The van der Waals surface area contributed by atoms with Crippen LogP contribution >= 0.6 is 34.9 Å². The molecule has 3 aromatic heterocycles. The number of rotatable bonds is 5. The van der Waals surface area contributed by atoms with Crippen LogP contribution in [0, 0.1) is 10.1 Å². The second kappa shape index (κ2) is 6.02. The zero-order valence-electron chi connectivity index (χ0n) is 10.5. The highest BCUT2D eigenvalue weighted by molar-refractivity contribution is 7.99. The van der Waals surface area contributed by atoms with Gasteiger partial charge in [0.25, 0.3) is 5.69 Å². The van der Waals surface area contributed by atoms with Crippen LogP contribution in [0.25, 0.3) is 11.0 Å². The van der Waals surface area contributed by atoms with Gasteiger partial charge in [-0.3, -0.25) is 14.8 Å². The number of thiophene rings is 1. The Balaban J connectivity index is 1.66. The Kier molecular flexibility index (Phi) is 4.11. The quantitative estimate of drug-likeness (QED) is 0.417. The van der Waals surface area contributed by atoms with Crippen LogP contribution in [0.15, 0.2) is 34.8 Å². The van der Waals surface area contributed by atoms with Crippen molar-refractivity contribution in [2.45, 2.75) is 10.8 Å². The van der Waals surface area contributed by atoms with Gasteiger partial charge in [0.05, 0.1) is 9.13 Å². The molecule has 0 atom stereocenters. The number of hydrogen-bond donors (Lipinski definition) is 2. The van der Waals surface area contributed by atoms with E-state index in [1.165, 1.54) is 29.4 Å². The summed E-state index contributed by atoms with van der Waals surface area (Å²) in [7, 11) is 0. The van der Waals surface area contributed by atoms with E-state index in [0.29, 0.717) is 6.54 Å². The van der Waals surface area contributed by atoms with Crippen molar-refractivity contribution in [1.82, 2.24) is 14.7 Å². The Morgan fingerprint density at radius 2 is 2.43 bits per heavy atom. The van der Waals surface area contributed by atoms with Gasteiger partial charge in [-0.15, -0.1) is 11.3 Å². The third kappa shape index (κ3) is 3.03. The third-order valence-corrected chi connectivity index (χ3v) is 5.06. The lowest BCUT2D eigenvalue weighted by Gasteiger charge is -2.00. The van der Waals surface area contributed by atoms with Crippen LogP contribution in [0.3, 0.4) is 0 Å². The highest BCUT2D eigenvalue weighted by Crippen LogP contribution is 2.38. The molecule has 2 N–H and O–H groups in total. The van der Waals surface area contributed by atoms with Crippen LogP contribution in [0.4, 0.5) is 5.69 Å². The minimum Gasteiger partial charge on any atom is -0.346 e. The van der Waals surface area contributed by atoms with Gasteiger partial charge in [0.2, 0.25) is 0 Å². The van der Waals surface area contributed by atoms with Crippen LogP contribution in [-0.4, -0.2) is 14.9 Å². The number of hydrogen-bond acceptors (Lipinski definition) is 6. The first-order valence-electron chi connectivity index (χ1n) is 5.89. The highest BCUT2D eigenvalue weighted by Gasteiger charge is 2.17. The maximum atomic E-state index is 10.7. The number of nitrogens with zero attached hydrogens (tertiary/aromatic N) is 2. The maximum Gasteiger partial charge on any atom is 0.299 e. The molecule has 3 aromatic rings. The molecule has 0 spiro atoms. The van der Waals surface area contributed by atoms with E-state index < -0.39 is 4.92 Å². The molecular formula is C12H9ClN4O2S2. The molecule has 3 heterocycles. The predicted octanol–water partition coefficient (Wildman–Crippen LogP) is 3.98. The van der Waals surface area contributed by atoms with Crippen LogP contribution in [0.1, 0.15) is 5.56 Å². The number of nitro groups is 1. The Morgan fingerprint density at radius 1 is 1.57 bits per heavy atom. The van der Waals surface area contributed by atoms with Crippen molar-refractivity contribution >= 4 is 51.6 Å². The second-order valence-corrected chi connectivity index (χ2v) is 6.96. The van der Waals surface area contributed by atoms with E-state index in [2.05, 4.69) is 14.7 Å². The molecule has 0 saturated heterocycles. The van der Waals surface area contributed by atoms with Gasteiger partial charge >= 0.3 is 0 Å². The molecule has 0 amide bonds. The molecule has 0 fully saturated rings. The largest absolute Gasteiger partial charge is 0.346 e. The monoisotopic (exact) mass is 340 g/mol. The lowest BCUT2D eigenvalue weighted by atomic mass is 10.2. The fraction of sp³-hybridized carbons (Fsp3) is 0.0833. The van der Waals surface area contributed by atoms with Gasteiger partial charge in [0.1, 0.15) is 5.65 Å². The molecule has 0 bridgehead atoms. The summed E-state index contributed by atoms with van der Waals surface area (Å²) in [4.78, 5) is 17.6. The smallest absolute Gasteiger partial charge is 0.299 e. The van der Waals surface area contributed by atoms with Crippen LogP contribution in [0.5, 0.6) is 0 Å². The van der Waals surface area contributed by atoms with E-state index >= 15 is 0 Å². The normalized spacial score (nSPS) is 11.1. The number of fused-ring (bicyclic) bond motifs is 1. The number of aromatic nitrogens is 2. The number of aromatic amines is 1. The maximum absolute atomic E-state index is 10.7. The van der Waals surface area contributed by atoms with E-state index in [0.717, 1.165) is 20.8 Å². The lowest BCUT2D eigenvalue weighted by molar-refractivity contribution is -0.384. The summed E-state index contributed by atoms with van der Waals surface area (Å²) >= 11 is 8.33. The molecule has 0 aliphatic heterocycles. The van der Waals surface area contributed by atoms with Crippen molar-refractivity contribution in [3.63, 3.8) is 0 Å². The summed E-state index contributed by atoms with van der Waals surface area (Å²) in [6.45, 7) is 0.611. The molecule has 0 saturated carbocycles. The number of pyridine rings is 1. The first kappa shape index (κ1) is 14.3. The van der Waals surface area contributed by atoms with E-state index in [1.54, 1.807) is 6.20 Å². The standard InChI is InChI=1S/C12H9ClN4O2S2/c13-11-9(17(18)19)4-10(20-11)21-16-6-7-5-15-12-8(7)2-1-3-14-12/h1-5,16H,6H2,(H,14,15). The third-order valence-electron chi connectivity index (χ3n) is 2.82. The minimum atomic E-state index is -0.478. The molecule has 108 valence electrons. The van der Waals surface area contributed by atoms with Crippen molar-refractivity contribution in [2.24, 2.45) is 0 Å². The van der Waals surface area contributed by atoms with Gasteiger partial charge < -0.3 is 4.98 Å². The summed E-state index contributed by atoms with van der Waals surface area (Å²) in [5, 5.41) is 11.8. The summed E-state index contributed by atoms with van der Waals surface area (Å²) in [6, 6.07) is 5.35. The molecule has 9 heteroatoms. The Morgan fingerprint density at radius 3 is 3.19 bits per heavy atom. The molecular weight excluding hydrogens is 332 g/mol. The molecule has 0 radical (unpaired) electrons. The molecule has 0 aliphatic carbocycles. The van der Waals surface area contributed by atoms with Crippen LogP contribution in [0.2, 0.25) is 4.34 Å². The van der Waals surface area contributed by atoms with Crippen molar-refractivity contribution in [3.05, 3.63) is 50.6 Å². The van der Waals surface area contributed by atoms with Gasteiger partial charge in [-0.05, 0) is 29.6 Å². The Hall–Kier alpha value is -1.61. The van der Waals surface area contributed by atoms with Crippen molar-refractivity contribution in [3.8, 4) is 0 Å². The van der Waals surface area contributed by atoms with Crippen LogP contribution < -0.4 is 4.72 Å². The van der Waals surface area contributed by atoms with Gasteiger partial charge in [-0.25, -0.2) is 4.98 Å². The minimum absolute atomic E-state index is 0.0535. The zero-order valence-corrected chi connectivity index (χ0v) is 12.9. The van der Waals surface area contributed by atoms with Crippen molar-refractivity contribution < 1.29 is 4.92 Å². The Bertz CT molecular complexity index is 802. The van der Waals surface area contributed by atoms with Gasteiger partial charge in [0.15, 0.2) is 4.34 Å². The lowest BCUT2D eigenvalue weighted by Crippen LogP contribution is -2.01. The SMILES string of the molecule is O=[N+]([O-])c1cc(SNCc2c[nH]c3ncccc23)sc1Cl. The average molecular weight is 341 g/mol. The van der Waals surface area contributed by atoms with E-state index in [1.807, 2.05) is 18.3 Å². The first-order valence-corrected chi connectivity index (χ1v) is 7.90. The summed E-state index contributed by atoms with van der Waals surface area (Å²) < 4.78 is 4.12. The molecule has 0 aromatic carbocycles. The highest BCUT2D eigenvalue weighted by atomic mass is 35.5. The first-order chi connectivity index (χ1) is 10.1. The fourth-order valence-corrected chi connectivity index (χ4v) is 4.09. The number of halogens is 1. The Labute approximate surface area is 132 Å². The summed E-state index contributed by atoms with van der Waals surface area (Å²) in [5.74, 6) is 0. The zero-order chi connectivity index (χ0) is 14.8. The number of nitrogens with one attached hydrogen (secondary N) is 2. The topological polar surface area (TPSA) is 83.9 Å². The molecule has 0 unspecified atom stereocenters. The molecule has 6 nitrogen and oxygen atoms in total. The van der Waals surface area contributed by atoms with E-state index in [-0.39, 0.29) is 10.0 Å². The van der Waals surface area contributed by atoms with Gasteiger partial charge in [-0.2, -0.15) is 0 Å².